The highest BCUT2D eigenvalue weighted by Crippen LogP contribution is 2.19. The average molecular weight is 296 g/mol. The maximum absolute atomic E-state index is 12.5. The predicted octanol–water partition coefficient (Wildman–Crippen LogP) is 1.13. The number of nitriles is 1. The second-order valence-corrected chi connectivity index (χ2v) is 5.84. The number of carbonyl (C=O) groups excluding carboxylic acids is 1. The normalized spacial score (nSPS) is 11.1. The molecule has 0 saturated heterocycles. The van der Waals surface area contributed by atoms with Gasteiger partial charge in [-0.25, -0.2) is 8.42 Å². The lowest BCUT2D eigenvalue weighted by molar-refractivity contribution is -0.140. The molecule has 0 heterocycles. The number of sulfonamides is 1. The minimum absolute atomic E-state index is 0.0191. The summed E-state index contributed by atoms with van der Waals surface area (Å²) in [6, 6.07) is 7.85. The van der Waals surface area contributed by atoms with Gasteiger partial charge in [-0.1, -0.05) is 19.1 Å². The first-order chi connectivity index (χ1) is 9.47. The van der Waals surface area contributed by atoms with E-state index in [4.69, 9.17) is 5.26 Å². The van der Waals surface area contributed by atoms with Crippen LogP contribution in [0.15, 0.2) is 29.2 Å². The molecule has 1 aromatic carbocycles. The molecule has 0 radical (unpaired) electrons. The van der Waals surface area contributed by atoms with Crippen molar-refractivity contribution in [3.8, 4) is 6.07 Å². The monoisotopic (exact) mass is 296 g/mol. The van der Waals surface area contributed by atoms with Gasteiger partial charge in [0, 0.05) is 13.1 Å². The Hall–Kier alpha value is -1.91. The second kappa shape index (κ2) is 7.03. The third kappa shape index (κ3) is 3.56. The van der Waals surface area contributed by atoms with Gasteiger partial charge >= 0.3 is 5.97 Å². The molecule has 0 unspecified atom stereocenters. The van der Waals surface area contributed by atoms with Gasteiger partial charge in [-0.15, -0.1) is 0 Å². The standard InChI is InChI=1S/C13H16N2O4S/c1-3-15(9-8-13(16)19-2)20(17,18)12-7-5-4-6-11(12)10-14/h4-7H,3,8-9H2,1-2H3. The number of esters is 1. The molecule has 0 spiro atoms. The second-order valence-electron chi connectivity index (χ2n) is 3.93. The van der Waals surface area contributed by atoms with Gasteiger partial charge < -0.3 is 4.74 Å². The van der Waals surface area contributed by atoms with Gasteiger partial charge in [0.25, 0.3) is 0 Å². The zero-order chi connectivity index (χ0) is 15.2. The molecule has 7 heteroatoms. The Morgan fingerprint density at radius 3 is 2.60 bits per heavy atom. The summed E-state index contributed by atoms with van der Waals surface area (Å²) < 4.78 is 30.6. The molecule has 1 rings (SSSR count). The van der Waals surface area contributed by atoms with E-state index in [1.807, 2.05) is 6.07 Å². The summed E-state index contributed by atoms with van der Waals surface area (Å²) in [4.78, 5) is 11.1. The summed E-state index contributed by atoms with van der Waals surface area (Å²) in [5.74, 6) is -0.479. The van der Waals surface area contributed by atoms with Crippen molar-refractivity contribution in [1.82, 2.24) is 4.31 Å². The zero-order valence-electron chi connectivity index (χ0n) is 11.4. The largest absolute Gasteiger partial charge is 0.469 e. The number of methoxy groups -OCH3 is 1. The Morgan fingerprint density at radius 2 is 2.05 bits per heavy atom. The maximum atomic E-state index is 12.5. The van der Waals surface area contributed by atoms with E-state index in [0.717, 1.165) is 4.31 Å². The number of benzene rings is 1. The fourth-order valence-electron chi connectivity index (χ4n) is 1.69. The van der Waals surface area contributed by atoms with E-state index in [2.05, 4.69) is 4.74 Å². The molecule has 0 aliphatic rings. The van der Waals surface area contributed by atoms with E-state index < -0.39 is 16.0 Å². The van der Waals surface area contributed by atoms with E-state index in [1.54, 1.807) is 19.1 Å². The van der Waals surface area contributed by atoms with Gasteiger partial charge in [0.15, 0.2) is 0 Å². The van der Waals surface area contributed by atoms with E-state index in [0.29, 0.717) is 0 Å². The van der Waals surface area contributed by atoms with Crippen LogP contribution in [0.2, 0.25) is 0 Å². The van der Waals surface area contributed by atoms with E-state index >= 15 is 0 Å². The van der Waals surface area contributed by atoms with E-state index in [1.165, 1.54) is 19.2 Å². The van der Waals surface area contributed by atoms with E-state index in [9.17, 15) is 13.2 Å². The minimum Gasteiger partial charge on any atom is -0.469 e. The van der Waals surface area contributed by atoms with Crippen LogP contribution in [0.5, 0.6) is 0 Å². The first-order valence-electron chi connectivity index (χ1n) is 6.03. The van der Waals surface area contributed by atoms with Crippen molar-refractivity contribution in [2.24, 2.45) is 0 Å². The Morgan fingerprint density at radius 1 is 1.40 bits per heavy atom. The number of ether oxygens (including phenoxy) is 1. The molecule has 0 aliphatic heterocycles. The summed E-state index contributed by atoms with van der Waals surface area (Å²) in [6.45, 7) is 1.90. The molecular weight excluding hydrogens is 280 g/mol. The molecule has 20 heavy (non-hydrogen) atoms. The van der Waals surface area contributed by atoms with Crippen molar-refractivity contribution < 1.29 is 17.9 Å². The number of hydrogen-bond donors (Lipinski definition) is 0. The molecular formula is C13H16N2O4S. The third-order valence-corrected chi connectivity index (χ3v) is 4.80. The van der Waals surface area contributed by atoms with Gasteiger partial charge in [-0.2, -0.15) is 9.57 Å². The van der Waals surface area contributed by atoms with Crippen molar-refractivity contribution in [2.45, 2.75) is 18.2 Å². The Kier molecular flexibility index (Phi) is 5.67. The number of rotatable bonds is 6. The molecule has 0 saturated carbocycles. The highest BCUT2D eigenvalue weighted by atomic mass is 32.2. The molecule has 6 nitrogen and oxygen atoms in total. The van der Waals surface area contributed by atoms with Crippen LogP contribution in [0.1, 0.15) is 18.9 Å². The first-order valence-corrected chi connectivity index (χ1v) is 7.47. The fourth-order valence-corrected chi connectivity index (χ4v) is 3.28. The lowest BCUT2D eigenvalue weighted by Gasteiger charge is -2.20. The lowest BCUT2D eigenvalue weighted by atomic mass is 10.2. The molecule has 0 fully saturated rings. The lowest BCUT2D eigenvalue weighted by Crippen LogP contribution is -2.33. The summed E-state index contributed by atoms with van der Waals surface area (Å²) in [5, 5.41) is 8.99. The van der Waals surface area contributed by atoms with Crippen LogP contribution in [0.3, 0.4) is 0 Å². The van der Waals surface area contributed by atoms with Crippen molar-refractivity contribution >= 4 is 16.0 Å². The van der Waals surface area contributed by atoms with Gasteiger partial charge in [0.1, 0.15) is 6.07 Å². The SMILES string of the molecule is CCN(CCC(=O)OC)S(=O)(=O)c1ccccc1C#N. The first kappa shape index (κ1) is 16.1. The number of nitrogens with zero attached hydrogens (tertiary/aromatic N) is 2. The molecule has 0 aromatic heterocycles. The highest BCUT2D eigenvalue weighted by molar-refractivity contribution is 7.89. The van der Waals surface area contributed by atoms with Crippen LogP contribution in [-0.2, 0) is 19.6 Å². The number of hydrogen-bond acceptors (Lipinski definition) is 5. The van der Waals surface area contributed by atoms with Gasteiger partial charge in [-0.05, 0) is 12.1 Å². The molecule has 0 bridgehead atoms. The van der Waals surface area contributed by atoms with Crippen LogP contribution in [0, 0.1) is 11.3 Å². The Labute approximate surface area is 118 Å². The smallest absolute Gasteiger partial charge is 0.306 e. The Balaban J connectivity index is 3.07. The van der Waals surface area contributed by atoms with Gasteiger partial charge in [-0.3, -0.25) is 4.79 Å². The van der Waals surface area contributed by atoms with Crippen molar-refractivity contribution in [1.29, 1.82) is 5.26 Å². The van der Waals surface area contributed by atoms with Gasteiger partial charge in [0.2, 0.25) is 10.0 Å². The highest BCUT2D eigenvalue weighted by Gasteiger charge is 2.26. The minimum atomic E-state index is -3.79. The summed E-state index contributed by atoms with van der Waals surface area (Å²) >= 11 is 0. The van der Waals surface area contributed by atoms with Crippen LogP contribution in [0.4, 0.5) is 0 Å². The predicted molar refractivity (Wildman–Crippen MR) is 72.2 cm³/mol. The summed E-state index contributed by atoms with van der Waals surface area (Å²) in [5.41, 5.74) is 0.0871. The van der Waals surface area contributed by atoms with Crippen molar-refractivity contribution in [2.75, 3.05) is 20.2 Å². The van der Waals surface area contributed by atoms with Crippen LogP contribution in [0.25, 0.3) is 0 Å². The molecule has 0 N–H and O–H groups in total. The van der Waals surface area contributed by atoms with Crippen LogP contribution in [-0.4, -0.2) is 38.9 Å². The average Bonchev–Trinajstić information content (AvgIpc) is 2.47. The van der Waals surface area contributed by atoms with Crippen molar-refractivity contribution in [3.05, 3.63) is 29.8 Å². The molecule has 1 aromatic rings. The summed E-state index contributed by atoms with van der Waals surface area (Å²) in [6.07, 6.45) is -0.0295. The fraction of sp³-hybridized carbons (Fsp3) is 0.385. The summed E-state index contributed by atoms with van der Waals surface area (Å²) in [7, 11) is -2.55. The van der Waals surface area contributed by atoms with Crippen molar-refractivity contribution in [3.63, 3.8) is 0 Å². The molecule has 0 atom stereocenters. The Bertz CT molecular complexity index is 620. The van der Waals surface area contributed by atoms with Gasteiger partial charge in [0.05, 0.1) is 24.0 Å². The topological polar surface area (TPSA) is 87.5 Å². The van der Waals surface area contributed by atoms with Crippen LogP contribution >= 0.6 is 0 Å². The molecule has 0 aliphatic carbocycles. The quantitative estimate of drug-likeness (QED) is 0.734. The van der Waals surface area contributed by atoms with Crippen LogP contribution < -0.4 is 0 Å². The molecule has 0 amide bonds. The zero-order valence-corrected chi connectivity index (χ0v) is 12.2. The maximum Gasteiger partial charge on any atom is 0.306 e. The molecule has 108 valence electrons. The number of carbonyl (C=O) groups is 1. The third-order valence-electron chi connectivity index (χ3n) is 2.77. The van der Waals surface area contributed by atoms with E-state index in [-0.39, 0.29) is 30.0 Å².